The quantitative estimate of drug-likeness (QED) is 0.738. The average molecular weight is 340 g/mol. The van der Waals surface area contributed by atoms with Crippen LogP contribution < -0.4 is 5.32 Å². The van der Waals surface area contributed by atoms with Crippen LogP contribution in [0.15, 0.2) is 46.9 Å². The third-order valence-corrected chi connectivity index (χ3v) is 3.73. The minimum atomic E-state index is -0.591. The fourth-order valence-electron chi connectivity index (χ4n) is 2.15. The van der Waals surface area contributed by atoms with Crippen molar-refractivity contribution in [3.63, 3.8) is 0 Å². The lowest BCUT2D eigenvalue weighted by Crippen LogP contribution is -2.12. The lowest BCUT2D eigenvalue weighted by molar-refractivity contribution is 0.579. The molecule has 2 rings (SSSR count). The Morgan fingerprint density at radius 2 is 1.85 bits per heavy atom. The van der Waals surface area contributed by atoms with E-state index in [0.29, 0.717) is 10.2 Å². The fraction of sp³-hybridized carbons (Fsp3) is 0.250. The van der Waals surface area contributed by atoms with Crippen molar-refractivity contribution < 1.29 is 8.78 Å². The van der Waals surface area contributed by atoms with Crippen LogP contribution >= 0.6 is 15.9 Å². The summed E-state index contributed by atoms with van der Waals surface area (Å²) in [6, 6.07) is 12.0. The minimum Gasteiger partial charge on any atom is -0.375 e. The monoisotopic (exact) mass is 339 g/mol. The summed E-state index contributed by atoms with van der Waals surface area (Å²) in [4.78, 5) is 0. The number of hydrogen-bond donors (Lipinski definition) is 1. The average Bonchev–Trinajstić information content (AvgIpc) is 2.42. The van der Waals surface area contributed by atoms with Crippen molar-refractivity contribution >= 4 is 21.6 Å². The topological polar surface area (TPSA) is 12.0 Å². The van der Waals surface area contributed by atoms with Gasteiger partial charge in [-0.25, -0.2) is 8.78 Å². The second-order valence-corrected chi connectivity index (χ2v) is 5.50. The summed E-state index contributed by atoms with van der Waals surface area (Å²) in [6.45, 7) is 2.08. The molecule has 2 aromatic rings. The molecule has 0 aliphatic carbocycles. The summed E-state index contributed by atoms with van der Waals surface area (Å²) >= 11 is 3.21. The molecule has 0 bridgehead atoms. The van der Waals surface area contributed by atoms with Crippen LogP contribution in [0, 0.1) is 11.6 Å². The van der Waals surface area contributed by atoms with Gasteiger partial charge in [-0.15, -0.1) is 0 Å². The van der Waals surface area contributed by atoms with Crippen molar-refractivity contribution in [3.8, 4) is 0 Å². The van der Waals surface area contributed by atoms with Crippen molar-refractivity contribution in [2.45, 2.75) is 25.8 Å². The summed E-state index contributed by atoms with van der Waals surface area (Å²) in [7, 11) is 0. The van der Waals surface area contributed by atoms with Gasteiger partial charge in [0.15, 0.2) is 0 Å². The molecule has 0 spiro atoms. The van der Waals surface area contributed by atoms with Crippen molar-refractivity contribution in [2.75, 3.05) is 5.32 Å². The molecule has 0 saturated heterocycles. The van der Waals surface area contributed by atoms with E-state index in [2.05, 4.69) is 28.2 Å². The van der Waals surface area contributed by atoms with E-state index in [9.17, 15) is 8.78 Å². The van der Waals surface area contributed by atoms with Crippen molar-refractivity contribution in [2.24, 2.45) is 0 Å². The second kappa shape index (κ2) is 6.84. The maximum Gasteiger partial charge on any atom is 0.150 e. The Kier molecular flexibility index (Phi) is 5.12. The molecule has 2 aromatic carbocycles. The summed E-state index contributed by atoms with van der Waals surface area (Å²) in [5.41, 5.74) is 1.39. The second-order valence-electron chi connectivity index (χ2n) is 4.64. The zero-order chi connectivity index (χ0) is 14.5. The van der Waals surface area contributed by atoms with Gasteiger partial charge in [-0.1, -0.05) is 43.7 Å². The van der Waals surface area contributed by atoms with E-state index in [-0.39, 0.29) is 6.04 Å². The van der Waals surface area contributed by atoms with Crippen LogP contribution in [0.4, 0.5) is 14.5 Å². The van der Waals surface area contributed by atoms with Gasteiger partial charge >= 0.3 is 0 Å². The summed E-state index contributed by atoms with van der Waals surface area (Å²) < 4.78 is 27.4. The van der Waals surface area contributed by atoms with Gasteiger partial charge in [0.05, 0.1) is 11.7 Å². The number of hydrogen-bond acceptors (Lipinski definition) is 1. The highest BCUT2D eigenvalue weighted by Gasteiger charge is 2.15. The molecule has 0 aliphatic heterocycles. The van der Waals surface area contributed by atoms with Crippen LogP contribution in [-0.2, 0) is 0 Å². The van der Waals surface area contributed by atoms with E-state index in [1.54, 1.807) is 0 Å². The molecule has 106 valence electrons. The molecule has 1 nitrogen and oxygen atoms in total. The Bertz CT molecular complexity index is 549. The molecule has 0 aliphatic rings. The molecular formula is C16H16BrF2N. The smallest absolute Gasteiger partial charge is 0.150 e. The third kappa shape index (κ3) is 3.57. The Morgan fingerprint density at radius 3 is 2.45 bits per heavy atom. The van der Waals surface area contributed by atoms with E-state index in [1.165, 1.54) is 6.07 Å². The maximum absolute atomic E-state index is 13.9. The van der Waals surface area contributed by atoms with Gasteiger partial charge in [0.25, 0.3) is 0 Å². The fourth-order valence-corrected chi connectivity index (χ4v) is 2.67. The SMILES string of the molecule is CCCC(Nc1c(F)cc(F)cc1Br)c1ccccc1. The van der Waals surface area contributed by atoms with Crippen LogP contribution in [0.5, 0.6) is 0 Å². The molecule has 1 unspecified atom stereocenters. The summed E-state index contributed by atoms with van der Waals surface area (Å²) in [5, 5.41) is 3.17. The minimum absolute atomic E-state index is 0.00235. The van der Waals surface area contributed by atoms with Crippen molar-refractivity contribution in [1.29, 1.82) is 0 Å². The van der Waals surface area contributed by atoms with Crippen LogP contribution in [0.25, 0.3) is 0 Å². The number of nitrogens with one attached hydrogen (secondary N) is 1. The van der Waals surface area contributed by atoms with Gasteiger partial charge in [0.2, 0.25) is 0 Å². The number of rotatable bonds is 5. The van der Waals surface area contributed by atoms with E-state index < -0.39 is 11.6 Å². The van der Waals surface area contributed by atoms with Crippen molar-refractivity contribution in [1.82, 2.24) is 0 Å². The van der Waals surface area contributed by atoms with Crippen LogP contribution in [0.1, 0.15) is 31.4 Å². The lowest BCUT2D eigenvalue weighted by atomic mass is 10.0. The van der Waals surface area contributed by atoms with Gasteiger partial charge in [0, 0.05) is 10.5 Å². The van der Waals surface area contributed by atoms with Gasteiger partial charge in [-0.05, 0) is 34.0 Å². The molecule has 0 radical (unpaired) electrons. The standard InChI is InChI=1S/C16H16BrF2N/c1-2-6-15(11-7-4-3-5-8-11)20-16-13(17)9-12(18)10-14(16)19/h3-5,7-10,15,20H,2,6H2,1H3. The zero-order valence-corrected chi connectivity index (χ0v) is 12.8. The van der Waals surface area contributed by atoms with E-state index >= 15 is 0 Å². The third-order valence-electron chi connectivity index (χ3n) is 3.10. The predicted octanol–water partition coefficient (Wildman–Crippen LogP) is 5.68. The van der Waals surface area contributed by atoms with Crippen molar-refractivity contribution in [3.05, 3.63) is 64.1 Å². The Balaban J connectivity index is 2.30. The predicted molar refractivity (Wildman–Crippen MR) is 81.8 cm³/mol. The molecule has 0 aromatic heterocycles. The zero-order valence-electron chi connectivity index (χ0n) is 11.2. The lowest BCUT2D eigenvalue weighted by Gasteiger charge is -2.21. The molecule has 0 amide bonds. The molecule has 0 saturated carbocycles. The summed E-state index contributed by atoms with van der Waals surface area (Å²) in [6.07, 6.45) is 1.83. The first-order valence-corrected chi connectivity index (χ1v) is 7.37. The molecule has 20 heavy (non-hydrogen) atoms. The summed E-state index contributed by atoms with van der Waals surface area (Å²) in [5.74, 6) is -1.18. The molecule has 1 N–H and O–H groups in total. The van der Waals surface area contributed by atoms with Crippen LogP contribution in [0.3, 0.4) is 0 Å². The van der Waals surface area contributed by atoms with Gasteiger partial charge in [-0.3, -0.25) is 0 Å². The number of benzene rings is 2. The molecule has 1 atom stereocenters. The molecular weight excluding hydrogens is 324 g/mol. The Labute approximate surface area is 126 Å². The first-order chi connectivity index (χ1) is 9.61. The van der Waals surface area contributed by atoms with Gasteiger partial charge in [0.1, 0.15) is 11.6 Å². The van der Waals surface area contributed by atoms with Gasteiger partial charge < -0.3 is 5.32 Å². The van der Waals surface area contributed by atoms with E-state index in [1.807, 2.05) is 30.3 Å². The Hall–Kier alpha value is -1.42. The highest BCUT2D eigenvalue weighted by Crippen LogP contribution is 2.32. The van der Waals surface area contributed by atoms with E-state index in [4.69, 9.17) is 0 Å². The van der Waals surface area contributed by atoms with E-state index in [0.717, 1.165) is 24.5 Å². The van der Waals surface area contributed by atoms with Crippen LogP contribution in [0.2, 0.25) is 0 Å². The molecule has 0 fully saturated rings. The van der Waals surface area contributed by atoms with Gasteiger partial charge in [-0.2, -0.15) is 0 Å². The highest BCUT2D eigenvalue weighted by molar-refractivity contribution is 9.10. The molecule has 0 heterocycles. The largest absolute Gasteiger partial charge is 0.375 e. The molecule has 4 heteroatoms. The normalized spacial score (nSPS) is 12.2. The first kappa shape index (κ1) is 15.0. The first-order valence-electron chi connectivity index (χ1n) is 6.58. The number of anilines is 1. The van der Waals surface area contributed by atoms with Crippen LogP contribution in [-0.4, -0.2) is 0 Å². The maximum atomic E-state index is 13.9. The Morgan fingerprint density at radius 1 is 1.15 bits per heavy atom. The number of halogens is 3. The highest BCUT2D eigenvalue weighted by atomic mass is 79.9.